The molecule has 0 bridgehead atoms. The van der Waals surface area contributed by atoms with Crippen molar-refractivity contribution in [3.63, 3.8) is 0 Å². The number of carbonyl (C=O) groups excluding carboxylic acids is 1. The number of carboxylic acids is 1. The lowest BCUT2D eigenvalue weighted by Crippen LogP contribution is -2.28. The summed E-state index contributed by atoms with van der Waals surface area (Å²) in [6, 6.07) is 0. The summed E-state index contributed by atoms with van der Waals surface area (Å²) in [4.78, 5) is 23.7. The molecule has 1 saturated heterocycles. The van der Waals surface area contributed by atoms with Crippen LogP contribution >= 0.6 is 0 Å². The molecule has 1 heterocycles. The summed E-state index contributed by atoms with van der Waals surface area (Å²) in [6.45, 7) is 1.51. The van der Waals surface area contributed by atoms with Gasteiger partial charge in [-0.1, -0.05) is 0 Å². The van der Waals surface area contributed by atoms with Crippen molar-refractivity contribution in [3.05, 3.63) is 0 Å². The van der Waals surface area contributed by atoms with E-state index in [0.29, 0.717) is 25.8 Å². The number of unbranched alkanes of at least 4 members (excludes halogenated alkanes) is 1. The third kappa shape index (κ3) is 4.18. The average molecular weight is 229 g/mol. The smallest absolute Gasteiger partial charge is 0.303 e. The Hall–Kier alpha value is -1.10. The zero-order valence-corrected chi connectivity index (χ0v) is 9.39. The second kappa shape index (κ2) is 6.48. The van der Waals surface area contributed by atoms with E-state index in [-0.39, 0.29) is 24.9 Å². The van der Waals surface area contributed by atoms with Crippen molar-refractivity contribution in [2.24, 2.45) is 5.92 Å². The Balaban J connectivity index is 2.13. The topological polar surface area (TPSA) is 77.8 Å². The van der Waals surface area contributed by atoms with Crippen LogP contribution in [0.3, 0.4) is 0 Å². The van der Waals surface area contributed by atoms with Gasteiger partial charge in [-0.05, 0) is 19.3 Å². The Kier molecular flexibility index (Phi) is 5.25. The standard InChI is InChI=1S/C11H19NO4/c13-8-9-5-6-12(7-9)10(14)3-1-2-4-11(15)16/h9,13H,1-8H2,(H,15,16). The first kappa shape index (κ1) is 13.0. The van der Waals surface area contributed by atoms with Gasteiger partial charge in [0.2, 0.25) is 5.91 Å². The maximum atomic E-state index is 11.6. The van der Waals surface area contributed by atoms with Gasteiger partial charge in [0.25, 0.3) is 0 Å². The maximum absolute atomic E-state index is 11.6. The van der Waals surface area contributed by atoms with Crippen LogP contribution in [0.1, 0.15) is 32.1 Å². The van der Waals surface area contributed by atoms with E-state index < -0.39 is 5.97 Å². The van der Waals surface area contributed by atoms with Gasteiger partial charge in [0.1, 0.15) is 0 Å². The highest BCUT2D eigenvalue weighted by Crippen LogP contribution is 2.17. The Morgan fingerprint density at radius 1 is 1.25 bits per heavy atom. The lowest BCUT2D eigenvalue weighted by molar-refractivity contribution is -0.137. The molecule has 0 aromatic carbocycles. The third-order valence-corrected chi connectivity index (χ3v) is 2.93. The summed E-state index contributed by atoms with van der Waals surface area (Å²) in [5, 5.41) is 17.4. The van der Waals surface area contributed by atoms with Crippen LogP contribution in [0.25, 0.3) is 0 Å². The number of carbonyl (C=O) groups is 2. The predicted octanol–water partition coefficient (Wildman–Crippen LogP) is 0.472. The second-order valence-corrected chi connectivity index (χ2v) is 4.28. The lowest BCUT2D eigenvalue weighted by Gasteiger charge is -2.15. The Bertz CT molecular complexity index is 254. The maximum Gasteiger partial charge on any atom is 0.303 e. The van der Waals surface area contributed by atoms with Gasteiger partial charge >= 0.3 is 5.97 Å². The number of rotatable bonds is 6. The summed E-state index contributed by atoms with van der Waals surface area (Å²) in [7, 11) is 0. The number of nitrogens with zero attached hydrogens (tertiary/aromatic N) is 1. The van der Waals surface area contributed by atoms with Crippen LogP contribution in [-0.4, -0.2) is 46.7 Å². The zero-order valence-electron chi connectivity index (χ0n) is 9.39. The van der Waals surface area contributed by atoms with Crippen LogP contribution in [0.15, 0.2) is 0 Å². The quantitative estimate of drug-likeness (QED) is 0.649. The molecule has 2 N–H and O–H groups in total. The van der Waals surface area contributed by atoms with E-state index in [9.17, 15) is 9.59 Å². The number of likely N-dealkylation sites (tertiary alicyclic amines) is 1. The molecule has 0 radical (unpaired) electrons. The van der Waals surface area contributed by atoms with Crippen LogP contribution in [0.2, 0.25) is 0 Å². The lowest BCUT2D eigenvalue weighted by atomic mass is 10.1. The molecule has 0 aliphatic carbocycles. The Labute approximate surface area is 95.1 Å². The van der Waals surface area contributed by atoms with Crippen LogP contribution in [0.4, 0.5) is 0 Å². The van der Waals surface area contributed by atoms with E-state index >= 15 is 0 Å². The normalized spacial score (nSPS) is 20.1. The highest BCUT2D eigenvalue weighted by atomic mass is 16.4. The van der Waals surface area contributed by atoms with Gasteiger partial charge in [0.05, 0.1) is 0 Å². The van der Waals surface area contributed by atoms with Crippen molar-refractivity contribution in [2.75, 3.05) is 19.7 Å². The second-order valence-electron chi connectivity index (χ2n) is 4.28. The van der Waals surface area contributed by atoms with Gasteiger partial charge in [-0.2, -0.15) is 0 Å². The van der Waals surface area contributed by atoms with Crippen LogP contribution in [0.5, 0.6) is 0 Å². The molecule has 0 aromatic heterocycles. The van der Waals surface area contributed by atoms with E-state index in [1.165, 1.54) is 0 Å². The van der Waals surface area contributed by atoms with Crippen molar-refractivity contribution in [3.8, 4) is 0 Å². The van der Waals surface area contributed by atoms with E-state index in [0.717, 1.165) is 13.0 Å². The Morgan fingerprint density at radius 2 is 1.94 bits per heavy atom. The summed E-state index contributed by atoms with van der Waals surface area (Å²) in [5.41, 5.74) is 0. The van der Waals surface area contributed by atoms with Gasteiger partial charge in [-0.15, -0.1) is 0 Å². The molecule has 5 heteroatoms. The third-order valence-electron chi connectivity index (χ3n) is 2.93. The number of carboxylic acid groups (broad SMARTS) is 1. The first-order chi connectivity index (χ1) is 7.63. The molecule has 0 aromatic rings. The predicted molar refractivity (Wildman–Crippen MR) is 57.9 cm³/mol. The van der Waals surface area contributed by atoms with Crippen molar-refractivity contribution in [1.82, 2.24) is 4.90 Å². The summed E-state index contributed by atoms with van der Waals surface area (Å²) >= 11 is 0. The highest BCUT2D eigenvalue weighted by molar-refractivity contribution is 5.76. The molecule has 0 spiro atoms. The van der Waals surface area contributed by atoms with Gasteiger partial charge in [-0.3, -0.25) is 9.59 Å². The SMILES string of the molecule is O=C(O)CCCCC(=O)N1CCC(CO)C1. The fraction of sp³-hybridized carbons (Fsp3) is 0.818. The van der Waals surface area contributed by atoms with Crippen LogP contribution < -0.4 is 0 Å². The molecule has 1 rings (SSSR count). The summed E-state index contributed by atoms with van der Waals surface area (Å²) in [6.07, 6.45) is 2.61. The van der Waals surface area contributed by atoms with Crippen molar-refractivity contribution in [1.29, 1.82) is 0 Å². The highest BCUT2D eigenvalue weighted by Gasteiger charge is 2.24. The molecule has 1 fully saturated rings. The number of aliphatic carboxylic acids is 1. The summed E-state index contributed by atoms with van der Waals surface area (Å²) < 4.78 is 0. The molecule has 1 atom stereocenters. The largest absolute Gasteiger partial charge is 0.481 e. The fourth-order valence-corrected chi connectivity index (χ4v) is 1.92. The number of aliphatic hydroxyl groups is 1. The number of amides is 1. The summed E-state index contributed by atoms with van der Waals surface area (Å²) in [5.74, 6) is -0.502. The number of hydrogen-bond donors (Lipinski definition) is 2. The molecule has 1 amide bonds. The van der Waals surface area contributed by atoms with Crippen LogP contribution in [-0.2, 0) is 9.59 Å². The van der Waals surface area contributed by atoms with E-state index in [1.54, 1.807) is 4.90 Å². The molecule has 1 aliphatic heterocycles. The van der Waals surface area contributed by atoms with E-state index in [1.807, 2.05) is 0 Å². The number of hydrogen-bond acceptors (Lipinski definition) is 3. The van der Waals surface area contributed by atoms with Gasteiger partial charge in [0.15, 0.2) is 0 Å². The first-order valence-electron chi connectivity index (χ1n) is 5.74. The molecular weight excluding hydrogens is 210 g/mol. The minimum absolute atomic E-state index is 0.0846. The zero-order chi connectivity index (χ0) is 12.0. The monoisotopic (exact) mass is 229 g/mol. The Morgan fingerprint density at radius 3 is 2.50 bits per heavy atom. The molecule has 0 saturated carbocycles. The molecule has 5 nitrogen and oxygen atoms in total. The van der Waals surface area contributed by atoms with Crippen molar-refractivity contribution >= 4 is 11.9 Å². The molecule has 16 heavy (non-hydrogen) atoms. The molecule has 1 unspecified atom stereocenters. The minimum Gasteiger partial charge on any atom is -0.481 e. The van der Waals surface area contributed by atoms with Gasteiger partial charge < -0.3 is 15.1 Å². The average Bonchev–Trinajstić information content (AvgIpc) is 2.72. The molecule has 1 aliphatic rings. The minimum atomic E-state index is -0.811. The van der Waals surface area contributed by atoms with Gasteiger partial charge in [-0.25, -0.2) is 0 Å². The van der Waals surface area contributed by atoms with Crippen molar-refractivity contribution in [2.45, 2.75) is 32.1 Å². The number of aliphatic hydroxyl groups excluding tert-OH is 1. The first-order valence-corrected chi connectivity index (χ1v) is 5.74. The van der Waals surface area contributed by atoms with Crippen molar-refractivity contribution < 1.29 is 19.8 Å². The molecule has 92 valence electrons. The fourth-order valence-electron chi connectivity index (χ4n) is 1.92. The van der Waals surface area contributed by atoms with E-state index in [2.05, 4.69) is 0 Å². The van der Waals surface area contributed by atoms with E-state index in [4.69, 9.17) is 10.2 Å². The van der Waals surface area contributed by atoms with Crippen LogP contribution in [0, 0.1) is 5.92 Å². The van der Waals surface area contributed by atoms with Gasteiger partial charge in [0, 0.05) is 38.5 Å². The molecular formula is C11H19NO4.